The lowest BCUT2D eigenvalue weighted by Gasteiger charge is -2.25. The Hall–Kier alpha value is -1.15. The zero-order chi connectivity index (χ0) is 15.1. The summed E-state index contributed by atoms with van der Waals surface area (Å²) in [5.41, 5.74) is -1.52. The molecule has 0 saturated heterocycles. The van der Waals surface area contributed by atoms with E-state index in [0.29, 0.717) is 6.42 Å². The summed E-state index contributed by atoms with van der Waals surface area (Å²) in [6.07, 6.45) is 0.796. The van der Waals surface area contributed by atoms with Crippen molar-refractivity contribution in [3.8, 4) is 0 Å². The molecule has 112 valence electrons. The van der Waals surface area contributed by atoms with Gasteiger partial charge in [0.25, 0.3) is 0 Å². The summed E-state index contributed by atoms with van der Waals surface area (Å²) in [5.74, 6) is -2.02. The van der Waals surface area contributed by atoms with Crippen LogP contribution in [0.2, 0.25) is 0 Å². The summed E-state index contributed by atoms with van der Waals surface area (Å²) >= 11 is 0. The van der Waals surface area contributed by atoms with Crippen LogP contribution in [-0.2, 0) is 24.3 Å². The van der Waals surface area contributed by atoms with Crippen LogP contribution in [0.25, 0.3) is 0 Å². The summed E-state index contributed by atoms with van der Waals surface area (Å²) in [6, 6.07) is 0. The van der Waals surface area contributed by atoms with Gasteiger partial charge in [-0.25, -0.2) is 8.42 Å². The molecular weight excluding hydrogens is 274 g/mol. The van der Waals surface area contributed by atoms with Gasteiger partial charge in [0.05, 0.1) is 12.9 Å². The number of sulfonamides is 1. The zero-order valence-corrected chi connectivity index (χ0v) is 12.2. The molecule has 0 aliphatic heterocycles. The summed E-state index contributed by atoms with van der Waals surface area (Å²) in [7, 11) is -2.53. The van der Waals surface area contributed by atoms with E-state index in [4.69, 9.17) is 5.11 Å². The first-order valence-electron chi connectivity index (χ1n) is 5.98. The van der Waals surface area contributed by atoms with Crippen LogP contribution in [-0.4, -0.2) is 43.9 Å². The summed E-state index contributed by atoms with van der Waals surface area (Å²) in [4.78, 5) is 22.0. The number of nitrogens with one attached hydrogen (secondary N) is 1. The van der Waals surface area contributed by atoms with Crippen LogP contribution in [0.15, 0.2) is 0 Å². The number of rotatable bonds is 9. The Morgan fingerprint density at radius 1 is 1.37 bits per heavy atom. The number of esters is 1. The number of hydrogen-bond donors (Lipinski definition) is 2. The molecule has 0 bridgehead atoms. The second-order valence-corrected chi connectivity index (χ2v) is 6.33. The summed E-state index contributed by atoms with van der Waals surface area (Å²) in [5, 5.41) is 9.08. The van der Waals surface area contributed by atoms with Crippen molar-refractivity contribution >= 4 is 22.0 Å². The van der Waals surface area contributed by atoms with Crippen molar-refractivity contribution in [2.45, 2.75) is 45.1 Å². The van der Waals surface area contributed by atoms with Crippen LogP contribution < -0.4 is 4.72 Å². The molecule has 19 heavy (non-hydrogen) atoms. The average molecular weight is 295 g/mol. The smallest absolute Gasteiger partial charge is 0.324 e. The maximum absolute atomic E-state index is 11.8. The number of ether oxygens (including phenoxy) is 1. The van der Waals surface area contributed by atoms with E-state index in [9.17, 15) is 18.0 Å². The third kappa shape index (κ3) is 6.53. The van der Waals surface area contributed by atoms with E-state index in [1.807, 2.05) is 0 Å². The Kier molecular flexibility index (Phi) is 6.99. The number of carbonyl (C=O) groups is 2. The Labute approximate surface area is 113 Å². The second-order valence-electron chi connectivity index (χ2n) is 4.49. The monoisotopic (exact) mass is 295 g/mol. The van der Waals surface area contributed by atoms with Gasteiger partial charge in [-0.15, -0.1) is 0 Å². The SMILES string of the molecule is CCCC(C)(NS(=O)(=O)CCCC(=O)OC)C(=O)O. The first-order valence-corrected chi connectivity index (χ1v) is 7.64. The molecule has 0 radical (unpaired) electrons. The minimum atomic E-state index is -3.75. The van der Waals surface area contributed by atoms with Crippen LogP contribution in [0.5, 0.6) is 0 Å². The molecule has 1 atom stereocenters. The zero-order valence-electron chi connectivity index (χ0n) is 11.4. The van der Waals surface area contributed by atoms with E-state index in [-0.39, 0.29) is 25.0 Å². The molecule has 0 saturated carbocycles. The minimum absolute atomic E-state index is 0.0189. The number of carboxylic acids is 1. The molecule has 0 aromatic heterocycles. The molecule has 0 spiro atoms. The lowest BCUT2D eigenvalue weighted by atomic mass is 9.98. The van der Waals surface area contributed by atoms with Gasteiger partial charge in [0.1, 0.15) is 5.54 Å². The topological polar surface area (TPSA) is 110 Å². The van der Waals surface area contributed by atoms with Gasteiger partial charge < -0.3 is 9.84 Å². The Morgan fingerprint density at radius 3 is 2.37 bits per heavy atom. The molecule has 8 heteroatoms. The van der Waals surface area contributed by atoms with Crippen LogP contribution in [0.3, 0.4) is 0 Å². The van der Waals surface area contributed by atoms with Crippen LogP contribution in [0, 0.1) is 0 Å². The molecule has 1 unspecified atom stereocenters. The first kappa shape index (κ1) is 17.8. The molecule has 0 rings (SSSR count). The van der Waals surface area contributed by atoms with E-state index >= 15 is 0 Å². The molecule has 0 amide bonds. The fraction of sp³-hybridized carbons (Fsp3) is 0.818. The lowest BCUT2D eigenvalue weighted by Crippen LogP contribution is -2.52. The van der Waals surface area contributed by atoms with Crippen molar-refractivity contribution in [1.29, 1.82) is 0 Å². The Morgan fingerprint density at radius 2 is 1.95 bits per heavy atom. The molecule has 0 aliphatic carbocycles. The highest BCUT2D eigenvalue weighted by molar-refractivity contribution is 7.89. The number of carbonyl (C=O) groups excluding carboxylic acids is 1. The van der Waals surface area contributed by atoms with Gasteiger partial charge in [-0.3, -0.25) is 9.59 Å². The third-order valence-corrected chi connectivity index (χ3v) is 4.21. The number of carboxylic acid groups (broad SMARTS) is 1. The van der Waals surface area contributed by atoms with Gasteiger partial charge in [0.15, 0.2) is 0 Å². The van der Waals surface area contributed by atoms with Crippen LogP contribution in [0.1, 0.15) is 39.5 Å². The molecule has 0 heterocycles. The van der Waals surface area contributed by atoms with E-state index in [1.165, 1.54) is 14.0 Å². The standard InChI is InChI=1S/C11H21NO6S/c1-4-7-11(2,10(14)15)12-19(16,17)8-5-6-9(13)18-3/h12H,4-8H2,1-3H3,(H,14,15). The molecule has 0 fully saturated rings. The highest BCUT2D eigenvalue weighted by atomic mass is 32.2. The van der Waals surface area contributed by atoms with Crippen molar-refractivity contribution in [2.75, 3.05) is 12.9 Å². The quantitative estimate of drug-likeness (QED) is 0.599. The maximum Gasteiger partial charge on any atom is 0.324 e. The van der Waals surface area contributed by atoms with Gasteiger partial charge in [0, 0.05) is 6.42 Å². The average Bonchev–Trinajstić information content (AvgIpc) is 2.27. The largest absolute Gasteiger partial charge is 0.480 e. The fourth-order valence-corrected chi connectivity index (χ4v) is 3.11. The summed E-state index contributed by atoms with van der Waals surface area (Å²) < 4.78 is 30.1. The van der Waals surface area contributed by atoms with E-state index < -0.39 is 27.5 Å². The molecule has 0 aliphatic rings. The van der Waals surface area contributed by atoms with Gasteiger partial charge in [-0.1, -0.05) is 13.3 Å². The lowest BCUT2D eigenvalue weighted by molar-refractivity contribution is -0.143. The maximum atomic E-state index is 11.8. The Bertz CT molecular complexity index is 419. The first-order chi connectivity index (χ1) is 8.67. The highest BCUT2D eigenvalue weighted by Gasteiger charge is 2.36. The fourth-order valence-electron chi connectivity index (χ4n) is 1.60. The molecule has 7 nitrogen and oxygen atoms in total. The molecule has 0 aromatic carbocycles. The molecule has 2 N–H and O–H groups in total. The third-order valence-electron chi connectivity index (χ3n) is 2.62. The number of aliphatic carboxylic acids is 1. The van der Waals surface area contributed by atoms with Gasteiger partial charge in [-0.2, -0.15) is 4.72 Å². The highest BCUT2D eigenvalue weighted by Crippen LogP contribution is 2.14. The van der Waals surface area contributed by atoms with Crippen molar-refractivity contribution in [3.63, 3.8) is 0 Å². The Balaban J connectivity index is 4.57. The molecular formula is C11H21NO6S. The number of hydrogen-bond acceptors (Lipinski definition) is 5. The van der Waals surface area contributed by atoms with Crippen LogP contribution >= 0.6 is 0 Å². The van der Waals surface area contributed by atoms with Gasteiger partial charge in [0.2, 0.25) is 10.0 Å². The van der Waals surface area contributed by atoms with Gasteiger partial charge >= 0.3 is 11.9 Å². The normalized spacial score (nSPS) is 14.7. The van der Waals surface area contributed by atoms with Gasteiger partial charge in [-0.05, 0) is 19.8 Å². The molecule has 0 aromatic rings. The number of methoxy groups -OCH3 is 1. The van der Waals surface area contributed by atoms with Crippen molar-refractivity contribution < 1.29 is 27.9 Å². The van der Waals surface area contributed by atoms with Crippen molar-refractivity contribution in [3.05, 3.63) is 0 Å². The predicted octanol–water partition coefficient (Wildman–Crippen LogP) is 0.502. The van der Waals surface area contributed by atoms with E-state index in [0.717, 1.165) is 0 Å². The minimum Gasteiger partial charge on any atom is -0.480 e. The van der Waals surface area contributed by atoms with E-state index in [1.54, 1.807) is 6.92 Å². The predicted molar refractivity (Wildman–Crippen MR) is 69.1 cm³/mol. The van der Waals surface area contributed by atoms with E-state index in [2.05, 4.69) is 9.46 Å². The van der Waals surface area contributed by atoms with Crippen molar-refractivity contribution in [1.82, 2.24) is 4.72 Å². The summed E-state index contributed by atoms with van der Waals surface area (Å²) in [6.45, 7) is 3.10. The van der Waals surface area contributed by atoms with Crippen molar-refractivity contribution in [2.24, 2.45) is 0 Å². The van der Waals surface area contributed by atoms with Crippen LogP contribution in [0.4, 0.5) is 0 Å². The second kappa shape index (κ2) is 7.44.